The largest absolute Gasteiger partial charge is 0.485 e. The topological polar surface area (TPSA) is 166 Å². The van der Waals surface area contributed by atoms with Gasteiger partial charge in [0, 0.05) is 38.0 Å². The van der Waals surface area contributed by atoms with Gasteiger partial charge in [-0.25, -0.2) is 4.79 Å². The Morgan fingerprint density at radius 2 is 1.56 bits per heavy atom. The molecule has 0 aromatic heterocycles. The molecule has 280 valence electrons. The first-order valence-electron chi connectivity index (χ1n) is 17.0. The molecule has 0 spiro atoms. The fourth-order valence-electron chi connectivity index (χ4n) is 5.66. The molecule has 52 heavy (non-hydrogen) atoms. The van der Waals surface area contributed by atoms with Crippen molar-refractivity contribution in [3.8, 4) is 5.75 Å². The summed E-state index contributed by atoms with van der Waals surface area (Å²) in [4.78, 5) is 55.1. The van der Waals surface area contributed by atoms with Crippen LogP contribution >= 0.6 is 0 Å². The fraction of sp³-hybridized carbons (Fsp3) is 0.405. The van der Waals surface area contributed by atoms with Gasteiger partial charge >= 0.3 is 12.2 Å². The number of benzene rings is 3. The number of halogens is 3. The smallest absolute Gasteiger partial charge is 0.416 e. The van der Waals surface area contributed by atoms with Crippen molar-refractivity contribution in [2.75, 3.05) is 48.4 Å². The average molecular weight is 727 g/mol. The van der Waals surface area contributed by atoms with Crippen LogP contribution in [0, 0.1) is 5.92 Å². The minimum absolute atomic E-state index is 0.00926. The quantitative estimate of drug-likeness (QED) is 0.103. The Morgan fingerprint density at radius 1 is 0.942 bits per heavy atom. The second kappa shape index (κ2) is 17.8. The van der Waals surface area contributed by atoms with E-state index in [0.29, 0.717) is 30.6 Å². The maximum atomic E-state index is 13.8. The number of nitrogens with one attached hydrogen (secondary N) is 3. The normalized spacial score (nSPS) is 16.4. The van der Waals surface area contributed by atoms with Gasteiger partial charge in [-0.05, 0) is 68.3 Å². The second-order valence-electron chi connectivity index (χ2n) is 12.9. The van der Waals surface area contributed by atoms with Gasteiger partial charge in [-0.3, -0.25) is 14.4 Å². The van der Waals surface area contributed by atoms with Gasteiger partial charge in [0.25, 0.3) is 5.91 Å². The van der Waals surface area contributed by atoms with Crippen LogP contribution < -0.4 is 26.4 Å². The van der Waals surface area contributed by atoms with E-state index in [-0.39, 0.29) is 73.0 Å². The van der Waals surface area contributed by atoms with Gasteiger partial charge in [-0.15, -0.1) is 0 Å². The van der Waals surface area contributed by atoms with E-state index in [9.17, 15) is 37.5 Å². The SMILES string of the molecule is C[C@H]1CN([C@@H](C)CO)C(=O)c2cccc(NC(=O)CCCCCC(=O)Nc3ccccc3N)c2O[C@H]1CN(C)C(=O)Nc1ccc(C(F)(F)F)cc1. The lowest BCUT2D eigenvalue weighted by Gasteiger charge is -2.38. The molecule has 4 rings (SSSR count). The van der Waals surface area contributed by atoms with Crippen LogP contribution in [0.2, 0.25) is 0 Å². The highest BCUT2D eigenvalue weighted by Crippen LogP contribution is 2.35. The first kappa shape index (κ1) is 39.5. The summed E-state index contributed by atoms with van der Waals surface area (Å²) < 4.78 is 45.4. The number of likely N-dealkylation sites (N-methyl/N-ethyl adjacent to an activating group) is 1. The molecule has 1 aliphatic heterocycles. The molecule has 0 radical (unpaired) electrons. The molecule has 0 saturated carbocycles. The monoisotopic (exact) mass is 726 g/mol. The van der Waals surface area contributed by atoms with E-state index in [1.165, 1.54) is 16.8 Å². The summed E-state index contributed by atoms with van der Waals surface area (Å²) in [6.07, 6.45) is -3.14. The minimum Gasteiger partial charge on any atom is -0.485 e. The maximum Gasteiger partial charge on any atom is 0.416 e. The number of carbonyl (C=O) groups is 4. The Labute approximate surface area is 300 Å². The number of fused-ring (bicyclic) bond motifs is 1. The van der Waals surface area contributed by atoms with Gasteiger partial charge in [-0.2, -0.15) is 13.2 Å². The number of para-hydroxylation sites is 3. The number of amides is 5. The van der Waals surface area contributed by atoms with Crippen molar-refractivity contribution < 1.29 is 42.2 Å². The number of unbranched alkanes of at least 4 members (excludes halogenated alkanes) is 2. The van der Waals surface area contributed by atoms with Gasteiger partial charge in [0.2, 0.25) is 11.8 Å². The molecule has 0 aliphatic carbocycles. The van der Waals surface area contributed by atoms with Crippen molar-refractivity contribution in [3.05, 3.63) is 77.9 Å². The summed E-state index contributed by atoms with van der Waals surface area (Å²) in [5, 5.41) is 18.2. The second-order valence-corrected chi connectivity index (χ2v) is 12.9. The van der Waals surface area contributed by atoms with Crippen LogP contribution in [0.1, 0.15) is 61.9 Å². The number of nitrogen functional groups attached to an aromatic ring is 1. The lowest BCUT2D eigenvalue weighted by atomic mass is 9.99. The number of ether oxygens (including phenoxy) is 1. The lowest BCUT2D eigenvalue weighted by Crippen LogP contribution is -2.50. The molecule has 0 unspecified atom stereocenters. The number of aliphatic hydroxyl groups excluding tert-OH is 1. The van der Waals surface area contributed by atoms with E-state index in [1.807, 2.05) is 6.92 Å². The fourth-order valence-corrected chi connectivity index (χ4v) is 5.66. The minimum atomic E-state index is -4.51. The van der Waals surface area contributed by atoms with Crippen molar-refractivity contribution >= 4 is 46.5 Å². The lowest BCUT2D eigenvalue weighted by molar-refractivity contribution is -0.137. The molecule has 5 amide bonds. The highest BCUT2D eigenvalue weighted by Gasteiger charge is 2.35. The zero-order valence-electron chi connectivity index (χ0n) is 29.3. The van der Waals surface area contributed by atoms with Crippen molar-refractivity contribution in [1.29, 1.82) is 0 Å². The molecule has 0 fully saturated rings. The predicted octanol–water partition coefficient (Wildman–Crippen LogP) is 6.20. The van der Waals surface area contributed by atoms with Crippen LogP contribution in [0.25, 0.3) is 0 Å². The van der Waals surface area contributed by atoms with E-state index < -0.39 is 35.8 Å². The zero-order chi connectivity index (χ0) is 38.0. The number of aliphatic hydroxyl groups is 1. The van der Waals surface area contributed by atoms with Gasteiger partial charge in [0.1, 0.15) is 6.10 Å². The number of rotatable bonds is 13. The van der Waals surface area contributed by atoms with E-state index in [0.717, 1.165) is 24.3 Å². The predicted molar refractivity (Wildman–Crippen MR) is 192 cm³/mol. The van der Waals surface area contributed by atoms with E-state index in [4.69, 9.17) is 10.5 Å². The number of alkyl halides is 3. The highest BCUT2D eigenvalue weighted by atomic mass is 19.4. The molecule has 0 bridgehead atoms. The Morgan fingerprint density at radius 3 is 2.17 bits per heavy atom. The third kappa shape index (κ3) is 10.6. The summed E-state index contributed by atoms with van der Waals surface area (Å²) in [5.41, 5.74) is 6.63. The molecule has 3 atom stereocenters. The molecule has 15 heteroatoms. The molecule has 1 heterocycles. The van der Waals surface area contributed by atoms with Crippen molar-refractivity contribution in [1.82, 2.24) is 9.80 Å². The Bertz CT molecular complexity index is 1720. The number of hydrogen-bond acceptors (Lipinski definition) is 7. The summed E-state index contributed by atoms with van der Waals surface area (Å²) in [6, 6.07) is 14.7. The van der Waals surface area contributed by atoms with Crippen molar-refractivity contribution in [3.63, 3.8) is 0 Å². The van der Waals surface area contributed by atoms with Gasteiger partial charge in [-0.1, -0.05) is 31.5 Å². The van der Waals surface area contributed by atoms with E-state index in [1.54, 1.807) is 49.4 Å². The molecule has 3 aromatic rings. The van der Waals surface area contributed by atoms with E-state index in [2.05, 4.69) is 16.0 Å². The maximum absolute atomic E-state index is 13.8. The molecular formula is C37H45F3N6O6. The Hall–Kier alpha value is -5.31. The van der Waals surface area contributed by atoms with Crippen LogP contribution in [0.15, 0.2) is 66.7 Å². The third-order valence-electron chi connectivity index (χ3n) is 8.77. The molecular weight excluding hydrogens is 681 g/mol. The Kier molecular flexibility index (Phi) is 13.5. The average Bonchev–Trinajstić information content (AvgIpc) is 3.10. The first-order valence-corrected chi connectivity index (χ1v) is 17.0. The van der Waals surface area contributed by atoms with Crippen LogP contribution in [-0.4, -0.2) is 77.5 Å². The number of carbonyl (C=O) groups excluding carboxylic acids is 4. The van der Waals surface area contributed by atoms with Gasteiger partial charge in [0.15, 0.2) is 5.75 Å². The van der Waals surface area contributed by atoms with Crippen LogP contribution in [-0.2, 0) is 15.8 Å². The molecule has 6 N–H and O–H groups in total. The Balaban J connectivity index is 1.42. The molecule has 0 saturated heterocycles. The number of anilines is 4. The van der Waals surface area contributed by atoms with E-state index >= 15 is 0 Å². The number of hydrogen-bond donors (Lipinski definition) is 5. The first-order chi connectivity index (χ1) is 24.7. The summed E-state index contributed by atoms with van der Waals surface area (Å²) in [6.45, 7) is 3.44. The standard InChI is InChI=1S/C37H45F3N6O6/c1-23-20-46(24(2)22-47)35(50)27-10-9-13-30(44-33(49)15-6-4-5-14-32(48)43-29-12-8-7-11-28(29)41)34(27)52-31(23)21-45(3)36(51)42-26-18-16-25(17-19-26)37(38,39)40/h7-13,16-19,23-24,31,47H,4-6,14-15,20-22,41H2,1-3H3,(H,42,51)(H,43,48)(H,44,49)/t23-,24-,31-/m0/s1. The highest BCUT2D eigenvalue weighted by molar-refractivity contribution is 6.01. The summed E-state index contributed by atoms with van der Waals surface area (Å²) >= 11 is 0. The third-order valence-corrected chi connectivity index (χ3v) is 8.77. The van der Waals surface area contributed by atoms with Gasteiger partial charge < -0.3 is 41.3 Å². The molecule has 1 aliphatic rings. The van der Waals surface area contributed by atoms with Crippen LogP contribution in [0.3, 0.4) is 0 Å². The molecule has 3 aromatic carbocycles. The van der Waals surface area contributed by atoms with Crippen molar-refractivity contribution in [2.24, 2.45) is 5.92 Å². The number of nitrogens with two attached hydrogens (primary N) is 1. The van der Waals surface area contributed by atoms with Crippen LogP contribution in [0.4, 0.5) is 40.7 Å². The van der Waals surface area contributed by atoms with Crippen molar-refractivity contribution in [2.45, 2.75) is 64.3 Å². The van der Waals surface area contributed by atoms with Crippen LogP contribution in [0.5, 0.6) is 5.75 Å². The molecule has 12 nitrogen and oxygen atoms in total. The summed E-state index contributed by atoms with van der Waals surface area (Å²) in [5.74, 6) is -1.16. The zero-order valence-corrected chi connectivity index (χ0v) is 29.3. The summed E-state index contributed by atoms with van der Waals surface area (Å²) in [7, 11) is 1.50. The number of urea groups is 1. The van der Waals surface area contributed by atoms with Gasteiger partial charge in [0.05, 0.1) is 47.4 Å². The number of nitrogens with zero attached hydrogens (tertiary/aromatic N) is 2.